The molecule has 0 spiro atoms. The van der Waals surface area contributed by atoms with Crippen LogP contribution in [0.25, 0.3) is 0 Å². The smallest absolute Gasteiger partial charge is 0.147 e. The van der Waals surface area contributed by atoms with Gasteiger partial charge in [0.2, 0.25) is 0 Å². The van der Waals surface area contributed by atoms with Crippen LogP contribution in [0.4, 0.5) is 5.82 Å². The van der Waals surface area contributed by atoms with E-state index in [1.54, 1.807) is 0 Å². The fourth-order valence-corrected chi connectivity index (χ4v) is 2.42. The fraction of sp³-hybridized carbons (Fsp3) is 0.667. The lowest BCUT2D eigenvalue weighted by Gasteiger charge is -2.28. The molecule has 2 aliphatic heterocycles. The Morgan fingerprint density at radius 2 is 2.18 bits per heavy atom. The van der Waals surface area contributed by atoms with E-state index in [0.29, 0.717) is 6.04 Å². The number of aromatic nitrogens is 2. The zero-order chi connectivity index (χ0) is 11.5. The number of nitrogens with one attached hydrogen (secondary N) is 1. The lowest BCUT2D eigenvalue weighted by Crippen LogP contribution is -2.37. The zero-order valence-electron chi connectivity index (χ0n) is 9.93. The molecule has 1 aromatic heterocycles. The maximum absolute atomic E-state index is 5.35. The molecule has 0 aliphatic carbocycles. The van der Waals surface area contributed by atoms with E-state index in [9.17, 15) is 0 Å². The predicted molar refractivity (Wildman–Crippen MR) is 65.0 cm³/mol. The van der Waals surface area contributed by atoms with E-state index in [0.717, 1.165) is 44.4 Å². The Hall–Kier alpha value is -1.20. The predicted octanol–water partition coefficient (Wildman–Crippen LogP) is 0.738. The third-order valence-electron chi connectivity index (χ3n) is 3.39. The monoisotopic (exact) mass is 234 g/mol. The van der Waals surface area contributed by atoms with Crippen LogP contribution in [0.5, 0.6) is 0 Å². The largest absolute Gasteiger partial charge is 0.378 e. The van der Waals surface area contributed by atoms with Crippen LogP contribution in [0.1, 0.15) is 24.6 Å². The summed E-state index contributed by atoms with van der Waals surface area (Å²) in [6.45, 7) is 4.49. The standard InChI is InChI=1S/C12H18N4O/c1-2-10(14-3-1)11-8-13-9-12(15-11)16-4-6-17-7-5-16/h8-10,14H,1-7H2/t10-/m0/s1. The molecule has 0 aromatic carbocycles. The Morgan fingerprint density at radius 1 is 1.29 bits per heavy atom. The van der Waals surface area contributed by atoms with Crippen molar-refractivity contribution in [2.24, 2.45) is 0 Å². The molecule has 17 heavy (non-hydrogen) atoms. The van der Waals surface area contributed by atoms with Gasteiger partial charge in [0.1, 0.15) is 5.82 Å². The molecule has 1 N–H and O–H groups in total. The summed E-state index contributed by atoms with van der Waals surface area (Å²) in [7, 11) is 0. The van der Waals surface area contributed by atoms with Crippen LogP contribution in [0, 0.1) is 0 Å². The Bertz CT molecular complexity index is 373. The summed E-state index contributed by atoms with van der Waals surface area (Å²) in [5.74, 6) is 0.986. The molecule has 0 radical (unpaired) electrons. The number of hydrogen-bond donors (Lipinski definition) is 1. The van der Waals surface area contributed by atoms with Crippen molar-refractivity contribution >= 4 is 5.82 Å². The summed E-state index contributed by atoms with van der Waals surface area (Å²) in [4.78, 5) is 11.3. The molecule has 0 saturated carbocycles. The highest BCUT2D eigenvalue weighted by Gasteiger charge is 2.19. The minimum Gasteiger partial charge on any atom is -0.378 e. The van der Waals surface area contributed by atoms with Crippen LogP contribution in [0.3, 0.4) is 0 Å². The highest BCUT2D eigenvalue weighted by Crippen LogP contribution is 2.22. The number of rotatable bonds is 2. The van der Waals surface area contributed by atoms with Crippen molar-refractivity contribution < 1.29 is 4.74 Å². The van der Waals surface area contributed by atoms with Gasteiger partial charge in [-0.2, -0.15) is 0 Å². The third kappa shape index (κ3) is 2.40. The molecule has 1 atom stereocenters. The van der Waals surface area contributed by atoms with E-state index in [2.05, 4.69) is 15.2 Å². The summed E-state index contributed by atoms with van der Waals surface area (Å²) in [6.07, 6.45) is 6.13. The molecule has 5 nitrogen and oxygen atoms in total. The first-order chi connectivity index (χ1) is 8.43. The number of ether oxygens (including phenoxy) is 1. The average Bonchev–Trinajstić information content (AvgIpc) is 2.94. The van der Waals surface area contributed by atoms with Crippen molar-refractivity contribution in [2.45, 2.75) is 18.9 Å². The van der Waals surface area contributed by atoms with E-state index < -0.39 is 0 Å². The summed E-state index contributed by atoms with van der Waals surface area (Å²) < 4.78 is 5.35. The molecule has 0 unspecified atom stereocenters. The second-order valence-corrected chi connectivity index (χ2v) is 4.55. The van der Waals surface area contributed by atoms with Crippen LogP contribution in [0.15, 0.2) is 12.4 Å². The first kappa shape index (κ1) is 10.9. The molecule has 2 aliphatic rings. The molecule has 0 bridgehead atoms. The topological polar surface area (TPSA) is 50.3 Å². The van der Waals surface area contributed by atoms with Gasteiger partial charge in [0.25, 0.3) is 0 Å². The van der Waals surface area contributed by atoms with Gasteiger partial charge in [0.05, 0.1) is 37.3 Å². The Balaban J connectivity index is 1.77. The van der Waals surface area contributed by atoms with Crippen molar-refractivity contribution in [3.8, 4) is 0 Å². The van der Waals surface area contributed by atoms with Crippen LogP contribution in [0.2, 0.25) is 0 Å². The normalized spacial score (nSPS) is 25.2. The second-order valence-electron chi connectivity index (χ2n) is 4.55. The molecular weight excluding hydrogens is 216 g/mol. The molecule has 0 amide bonds. The van der Waals surface area contributed by atoms with Gasteiger partial charge in [-0.1, -0.05) is 0 Å². The lowest BCUT2D eigenvalue weighted by atomic mass is 10.2. The maximum atomic E-state index is 5.35. The molecule has 1 aromatic rings. The number of morpholine rings is 1. The van der Waals surface area contributed by atoms with E-state index in [4.69, 9.17) is 9.72 Å². The molecular formula is C12H18N4O. The molecule has 5 heteroatoms. The minimum absolute atomic E-state index is 0.392. The van der Waals surface area contributed by atoms with Crippen LogP contribution >= 0.6 is 0 Å². The van der Waals surface area contributed by atoms with Crippen molar-refractivity contribution in [1.29, 1.82) is 0 Å². The van der Waals surface area contributed by atoms with Crippen LogP contribution in [-0.2, 0) is 4.74 Å². The molecule has 2 fully saturated rings. The van der Waals surface area contributed by atoms with Crippen molar-refractivity contribution in [3.63, 3.8) is 0 Å². The minimum atomic E-state index is 0.392. The number of nitrogens with zero attached hydrogens (tertiary/aromatic N) is 3. The van der Waals surface area contributed by atoms with E-state index in [1.807, 2.05) is 12.4 Å². The van der Waals surface area contributed by atoms with Gasteiger partial charge in [0.15, 0.2) is 0 Å². The number of hydrogen-bond acceptors (Lipinski definition) is 5. The van der Waals surface area contributed by atoms with Crippen molar-refractivity contribution in [3.05, 3.63) is 18.1 Å². The SMILES string of the molecule is c1ncc(N2CCOCC2)nc1[C@@H]1CCCN1. The summed E-state index contributed by atoms with van der Waals surface area (Å²) in [5, 5.41) is 3.46. The quantitative estimate of drug-likeness (QED) is 0.818. The van der Waals surface area contributed by atoms with Gasteiger partial charge in [-0.3, -0.25) is 4.98 Å². The highest BCUT2D eigenvalue weighted by atomic mass is 16.5. The van der Waals surface area contributed by atoms with E-state index in [1.165, 1.54) is 12.8 Å². The van der Waals surface area contributed by atoms with Gasteiger partial charge in [0, 0.05) is 13.1 Å². The Kier molecular flexibility index (Phi) is 3.20. The Labute approximate surface area is 101 Å². The van der Waals surface area contributed by atoms with Gasteiger partial charge in [-0.05, 0) is 19.4 Å². The second kappa shape index (κ2) is 4.98. The average molecular weight is 234 g/mol. The van der Waals surface area contributed by atoms with Crippen molar-refractivity contribution in [1.82, 2.24) is 15.3 Å². The molecule has 3 rings (SSSR count). The van der Waals surface area contributed by atoms with Gasteiger partial charge >= 0.3 is 0 Å². The third-order valence-corrected chi connectivity index (χ3v) is 3.39. The molecule has 92 valence electrons. The first-order valence-electron chi connectivity index (χ1n) is 6.31. The zero-order valence-corrected chi connectivity index (χ0v) is 9.93. The van der Waals surface area contributed by atoms with Crippen LogP contribution in [-0.4, -0.2) is 42.8 Å². The molecule has 2 saturated heterocycles. The Morgan fingerprint density at radius 3 is 2.94 bits per heavy atom. The summed E-state index contributed by atoms with van der Waals surface area (Å²) >= 11 is 0. The van der Waals surface area contributed by atoms with Gasteiger partial charge < -0.3 is 15.0 Å². The summed E-state index contributed by atoms with van der Waals surface area (Å²) in [6, 6.07) is 0.392. The van der Waals surface area contributed by atoms with Crippen molar-refractivity contribution in [2.75, 3.05) is 37.7 Å². The first-order valence-corrected chi connectivity index (χ1v) is 6.31. The fourth-order valence-electron chi connectivity index (χ4n) is 2.42. The molecule has 3 heterocycles. The van der Waals surface area contributed by atoms with E-state index in [-0.39, 0.29) is 0 Å². The lowest BCUT2D eigenvalue weighted by molar-refractivity contribution is 0.122. The van der Waals surface area contributed by atoms with Gasteiger partial charge in [-0.25, -0.2) is 4.98 Å². The van der Waals surface area contributed by atoms with Gasteiger partial charge in [-0.15, -0.1) is 0 Å². The van der Waals surface area contributed by atoms with E-state index >= 15 is 0 Å². The number of anilines is 1. The maximum Gasteiger partial charge on any atom is 0.147 e. The van der Waals surface area contributed by atoms with Crippen LogP contribution < -0.4 is 10.2 Å². The summed E-state index contributed by atoms with van der Waals surface area (Å²) in [5.41, 5.74) is 1.08. The highest BCUT2D eigenvalue weighted by molar-refractivity contribution is 5.37.